The molecule has 0 bridgehead atoms. The SMILES string of the molecule is C=C(CC=C(C)C)C(=O)N[C@H]1CCc2cc(C(=C)CC)ccc21.C=CO.CC.CN=CC=C(C)C. The number of nitrogens with zero attached hydrogens (tertiary/aromatic N) is 1. The van der Waals surface area contributed by atoms with E-state index in [1.807, 2.05) is 53.7 Å². The second-order valence-corrected chi connectivity index (χ2v) is 8.36. The van der Waals surface area contributed by atoms with Crippen molar-refractivity contribution in [3.63, 3.8) is 0 Å². The van der Waals surface area contributed by atoms with Crippen molar-refractivity contribution in [2.24, 2.45) is 4.99 Å². The number of aliphatic hydroxyl groups excluding tert-OH is 1. The Hall–Kier alpha value is -3.14. The zero-order valence-corrected chi connectivity index (χ0v) is 23.4. The molecule has 2 rings (SSSR count). The van der Waals surface area contributed by atoms with Gasteiger partial charge in [0, 0.05) is 18.8 Å². The van der Waals surface area contributed by atoms with Gasteiger partial charge in [-0.2, -0.15) is 0 Å². The molecule has 194 valence electrons. The topological polar surface area (TPSA) is 61.7 Å². The van der Waals surface area contributed by atoms with Crippen molar-refractivity contribution in [3.8, 4) is 0 Å². The van der Waals surface area contributed by atoms with Crippen molar-refractivity contribution in [2.75, 3.05) is 7.05 Å². The number of allylic oxidation sites excluding steroid dienone is 5. The summed E-state index contributed by atoms with van der Waals surface area (Å²) in [5, 5.41) is 10.5. The van der Waals surface area contributed by atoms with Crippen LogP contribution in [0.3, 0.4) is 0 Å². The zero-order chi connectivity index (χ0) is 27.4. The maximum Gasteiger partial charge on any atom is 0.247 e. The van der Waals surface area contributed by atoms with Gasteiger partial charge in [0.15, 0.2) is 0 Å². The van der Waals surface area contributed by atoms with E-state index in [2.05, 4.69) is 55.2 Å². The highest BCUT2D eigenvalue weighted by Crippen LogP contribution is 2.33. The van der Waals surface area contributed by atoms with Crippen LogP contribution < -0.4 is 5.32 Å². The van der Waals surface area contributed by atoms with Crippen LogP contribution in [0.2, 0.25) is 0 Å². The molecule has 0 saturated heterocycles. The zero-order valence-electron chi connectivity index (χ0n) is 23.4. The largest absolute Gasteiger partial charge is 0.516 e. The predicted molar refractivity (Wildman–Crippen MR) is 156 cm³/mol. The average molecular weight is 481 g/mol. The molecule has 0 saturated carbocycles. The quantitative estimate of drug-likeness (QED) is 0.178. The van der Waals surface area contributed by atoms with Crippen molar-refractivity contribution in [1.29, 1.82) is 0 Å². The van der Waals surface area contributed by atoms with Crippen LogP contribution in [0.5, 0.6) is 0 Å². The first kappa shape index (κ1) is 34.0. The molecule has 1 aliphatic carbocycles. The Morgan fingerprint density at radius 1 is 1.17 bits per heavy atom. The van der Waals surface area contributed by atoms with Crippen molar-refractivity contribution in [2.45, 2.75) is 80.2 Å². The van der Waals surface area contributed by atoms with Gasteiger partial charge in [-0.25, -0.2) is 0 Å². The Bertz CT molecular complexity index is 897. The van der Waals surface area contributed by atoms with Gasteiger partial charge in [-0.15, -0.1) is 0 Å². The second-order valence-electron chi connectivity index (χ2n) is 8.36. The van der Waals surface area contributed by atoms with Crippen molar-refractivity contribution >= 4 is 17.7 Å². The first-order valence-electron chi connectivity index (χ1n) is 12.3. The molecule has 0 unspecified atom stereocenters. The first-order chi connectivity index (χ1) is 16.6. The van der Waals surface area contributed by atoms with Crippen LogP contribution in [0, 0.1) is 0 Å². The number of aliphatic imine (C=N–C) groups is 1. The van der Waals surface area contributed by atoms with Crippen molar-refractivity contribution in [1.82, 2.24) is 5.32 Å². The van der Waals surface area contributed by atoms with Crippen LogP contribution in [0.15, 0.2) is 78.1 Å². The van der Waals surface area contributed by atoms with E-state index in [1.54, 1.807) is 13.3 Å². The van der Waals surface area contributed by atoms with Gasteiger partial charge >= 0.3 is 0 Å². The van der Waals surface area contributed by atoms with Gasteiger partial charge in [-0.05, 0) is 81.7 Å². The maximum absolute atomic E-state index is 12.3. The van der Waals surface area contributed by atoms with Gasteiger partial charge in [0.25, 0.3) is 0 Å². The van der Waals surface area contributed by atoms with Gasteiger partial charge in [0.1, 0.15) is 0 Å². The number of amides is 1. The van der Waals surface area contributed by atoms with Gasteiger partial charge < -0.3 is 10.4 Å². The molecule has 0 aromatic heterocycles. The summed E-state index contributed by atoms with van der Waals surface area (Å²) in [6, 6.07) is 6.59. The second kappa shape index (κ2) is 20.3. The highest BCUT2D eigenvalue weighted by atomic mass is 16.2. The molecule has 1 aromatic carbocycles. The highest BCUT2D eigenvalue weighted by Gasteiger charge is 2.24. The molecule has 4 heteroatoms. The molecule has 1 amide bonds. The molecule has 1 aromatic rings. The number of carbonyl (C=O) groups is 1. The summed E-state index contributed by atoms with van der Waals surface area (Å²) in [7, 11) is 1.76. The third kappa shape index (κ3) is 14.7. The number of benzene rings is 1. The Balaban J connectivity index is 0. The fourth-order valence-electron chi connectivity index (χ4n) is 3.10. The molecule has 0 spiro atoms. The van der Waals surface area contributed by atoms with Gasteiger partial charge in [0.2, 0.25) is 5.91 Å². The molecule has 4 nitrogen and oxygen atoms in total. The lowest BCUT2D eigenvalue weighted by atomic mass is 9.99. The monoisotopic (exact) mass is 480 g/mol. The van der Waals surface area contributed by atoms with Gasteiger partial charge in [0.05, 0.1) is 12.3 Å². The average Bonchev–Trinajstić information content (AvgIpc) is 3.24. The number of aryl methyl sites for hydroxylation is 1. The summed E-state index contributed by atoms with van der Waals surface area (Å²) < 4.78 is 0. The van der Waals surface area contributed by atoms with E-state index < -0.39 is 0 Å². The lowest BCUT2D eigenvalue weighted by molar-refractivity contribution is -0.118. The normalized spacial score (nSPS) is 12.7. The summed E-state index contributed by atoms with van der Waals surface area (Å²) >= 11 is 0. The lowest BCUT2D eigenvalue weighted by Crippen LogP contribution is -2.28. The van der Waals surface area contributed by atoms with Gasteiger partial charge in [-0.3, -0.25) is 9.79 Å². The smallest absolute Gasteiger partial charge is 0.247 e. The summed E-state index contributed by atoms with van der Waals surface area (Å²) in [6.45, 7) is 25.2. The van der Waals surface area contributed by atoms with E-state index in [0.717, 1.165) is 31.1 Å². The Kier molecular flexibility index (Phi) is 19.7. The minimum absolute atomic E-state index is 0.0394. The predicted octanol–water partition coefficient (Wildman–Crippen LogP) is 8.49. The molecule has 1 atom stereocenters. The first-order valence-corrected chi connectivity index (χ1v) is 12.3. The van der Waals surface area contributed by atoms with Crippen LogP contribution in [0.1, 0.15) is 90.5 Å². The molecular formula is C31H48N2O2. The molecule has 0 aliphatic heterocycles. The van der Waals surface area contributed by atoms with E-state index >= 15 is 0 Å². The maximum atomic E-state index is 12.3. The third-order valence-electron chi connectivity index (χ3n) is 5.00. The standard InChI is InChI=1S/C21H27NO.C6H11N.C2H4O.C2H6/c1-6-15(4)17-9-11-19-18(13-17)10-12-20(19)22-21(23)16(5)8-7-14(2)3;1-6(2)4-5-7-3;1-2-3;1-2/h7,9,11,13,20H,4-6,8,10,12H2,1-3H3,(H,22,23);4-5H,1-3H3;2-3H,1H2;1-2H3/t20-;;;/m0.../s1. The number of fused-ring (bicyclic) bond motifs is 1. The summed E-state index contributed by atoms with van der Waals surface area (Å²) in [6.07, 6.45) is 10.1. The van der Waals surface area contributed by atoms with E-state index in [9.17, 15) is 4.79 Å². The number of carbonyl (C=O) groups excluding carboxylic acids is 1. The van der Waals surface area contributed by atoms with Crippen molar-refractivity contribution in [3.05, 3.63) is 89.8 Å². The fourth-order valence-corrected chi connectivity index (χ4v) is 3.10. The summed E-state index contributed by atoms with van der Waals surface area (Å²) in [5.41, 5.74) is 8.05. The molecule has 1 aliphatic rings. The van der Waals surface area contributed by atoms with E-state index in [0.29, 0.717) is 12.0 Å². The molecular weight excluding hydrogens is 432 g/mol. The third-order valence-corrected chi connectivity index (χ3v) is 5.00. The van der Waals surface area contributed by atoms with E-state index in [4.69, 9.17) is 5.11 Å². The molecule has 35 heavy (non-hydrogen) atoms. The van der Waals surface area contributed by atoms with Crippen molar-refractivity contribution < 1.29 is 9.90 Å². The number of aliphatic hydroxyl groups is 1. The molecule has 0 radical (unpaired) electrons. The van der Waals surface area contributed by atoms with Crippen LogP contribution in [-0.4, -0.2) is 24.3 Å². The molecule has 2 N–H and O–H groups in total. The highest BCUT2D eigenvalue weighted by molar-refractivity contribution is 5.93. The molecule has 0 fully saturated rings. The van der Waals surface area contributed by atoms with Gasteiger partial charge in [-0.1, -0.05) is 75.9 Å². The summed E-state index contributed by atoms with van der Waals surface area (Å²) in [4.78, 5) is 16.1. The van der Waals surface area contributed by atoms with E-state index in [1.165, 1.54) is 27.8 Å². The molecule has 0 heterocycles. The number of nitrogens with one attached hydrogen (secondary N) is 1. The Morgan fingerprint density at radius 2 is 1.77 bits per heavy atom. The summed E-state index contributed by atoms with van der Waals surface area (Å²) in [5.74, 6) is -0.0394. The fraction of sp³-hybridized carbons (Fsp3) is 0.419. The van der Waals surface area contributed by atoms with Crippen LogP contribution in [-0.2, 0) is 11.2 Å². The lowest BCUT2D eigenvalue weighted by Gasteiger charge is -2.15. The van der Waals surface area contributed by atoms with E-state index in [-0.39, 0.29) is 11.9 Å². The van der Waals surface area contributed by atoms with Crippen LogP contribution in [0.25, 0.3) is 5.57 Å². The number of rotatable bonds is 7. The number of hydrogen-bond acceptors (Lipinski definition) is 3. The Labute approximate surface area is 215 Å². The minimum atomic E-state index is -0.0394. The Morgan fingerprint density at radius 3 is 2.23 bits per heavy atom. The van der Waals surface area contributed by atoms with Crippen LogP contribution in [0.4, 0.5) is 0 Å². The minimum Gasteiger partial charge on any atom is -0.516 e. The van der Waals surface area contributed by atoms with Crippen LogP contribution >= 0.6 is 0 Å². The number of hydrogen-bond donors (Lipinski definition) is 2.